The van der Waals surface area contributed by atoms with Crippen molar-refractivity contribution in [2.24, 2.45) is 11.8 Å². The molecule has 1 heterocycles. The molecule has 2 aliphatic carbocycles. The number of allylic oxidation sites excluding steroid dienone is 2. The summed E-state index contributed by atoms with van der Waals surface area (Å²) in [5.74, 6) is 1.72. The van der Waals surface area contributed by atoms with Gasteiger partial charge in [0.2, 0.25) is 0 Å². The van der Waals surface area contributed by atoms with Crippen LogP contribution in [-0.4, -0.2) is 24.5 Å². The Hall–Kier alpha value is -1.08. The zero-order chi connectivity index (χ0) is 15.7. The van der Waals surface area contributed by atoms with Crippen molar-refractivity contribution in [2.75, 3.05) is 19.6 Å². The smallest absolute Gasteiger partial charge is 0.00152 e. The predicted octanol–water partition coefficient (Wildman–Crippen LogP) is 4.96. The van der Waals surface area contributed by atoms with Crippen LogP contribution < -0.4 is 0 Å². The van der Waals surface area contributed by atoms with Crippen molar-refractivity contribution in [1.29, 1.82) is 0 Å². The molecule has 0 aromatic heterocycles. The molecule has 1 heteroatoms. The maximum absolute atomic E-state index is 2.77. The summed E-state index contributed by atoms with van der Waals surface area (Å²) in [5.41, 5.74) is 3.83. The van der Waals surface area contributed by atoms with Crippen LogP contribution in [0.2, 0.25) is 0 Å². The standard InChI is InChI=1S/C22H31N/c1-2-18(19-7-3-4-8-19)17-23-15-13-22(14-16-23)12-11-20-9-5-6-10-21(20)22/h3,5-7,9-10,18-19H,2,4,8,11-17H2,1H3/t18-,19+/m1/s1. The summed E-state index contributed by atoms with van der Waals surface area (Å²) in [6.45, 7) is 6.32. The Morgan fingerprint density at radius 2 is 2.00 bits per heavy atom. The Morgan fingerprint density at radius 1 is 1.17 bits per heavy atom. The van der Waals surface area contributed by atoms with Gasteiger partial charge in [0.1, 0.15) is 0 Å². The number of nitrogens with zero attached hydrogens (tertiary/aromatic N) is 1. The molecule has 0 N–H and O–H groups in total. The monoisotopic (exact) mass is 309 g/mol. The third-order valence-electron chi connectivity index (χ3n) is 6.95. The lowest BCUT2D eigenvalue weighted by Crippen LogP contribution is -2.44. The van der Waals surface area contributed by atoms with Crippen molar-refractivity contribution in [1.82, 2.24) is 4.90 Å². The number of hydrogen-bond donors (Lipinski definition) is 0. The fourth-order valence-electron chi connectivity index (χ4n) is 5.39. The number of aryl methyl sites for hydroxylation is 1. The lowest BCUT2D eigenvalue weighted by atomic mass is 9.73. The Bertz CT molecular complexity index is 565. The molecule has 1 spiro atoms. The first-order valence-electron chi connectivity index (χ1n) is 9.78. The van der Waals surface area contributed by atoms with Gasteiger partial charge in [-0.05, 0) is 80.0 Å². The minimum atomic E-state index is 0.516. The van der Waals surface area contributed by atoms with E-state index in [1.54, 1.807) is 11.1 Å². The summed E-state index contributed by atoms with van der Waals surface area (Å²) in [5, 5.41) is 0. The summed E-state index contributed by atoms with van der Waals surface area (Å²) in [6, 6.07) is 9.23. The molecule has 1 fully saturated rings. The van der Waals surface area contributed by atoms with Crippen LogP contribution in [0.1, 0.15) is 56.6 Å². The molecule has 1 saturated heterocycles. The average Bonchev–Trinajstić information content (AvgIpc) is 3.24. The molecule has 23 heavy (non-hydrogen) atoms. The van der Waals surface area contributed by atoms with E-state index in [1.807, 2.05) is 0 Å². The maximum atomic E-state index is 2.77. The van der Waals surface area contributed by atoms with E-state index >= 15 is 0 Å². The number of benzene rings is 1. The van der Waals surface area contributed by atoms with Gasteiger partial charge < -0.3 is 4.90 Å². The van der Waals surface area contributed by atoms with E-state index in [1.165, 1.54) is 64.6 Å². The van der Waals surface area contributed by atoms with Crippen LogP contribution in [0.25, 0.3) is 0 Å². The van der Waals surface area contributed by atoms with E-state index in [-0.39, 0.29) is 0 Å². The van der Waals surface area contributed by atoms with Gasteiger partial charge in [-0.15, -0.1) is 0 Å². The first kappa shape index (κ1) is 15.4. The third kappa shape index (κ3) is 2.89. The van der Waals surface area contributed by atoms with Crippen LogP contribution in [-0.2, 0) is 11.8 Å². The van der Waals surface area contributed by atoms with E-state index in [0.29, 0.717) is 5.41 Å². The molecule has 0 saturated carbocycles. The lowest BCUT2D eigenvalue weighted by Gasteiger charge is -2.41. The van der Waals surface area contributed by atoms with Crippen LogP contribution in [0.5, 0.6) is 0 Å². The van der Waals surface area contributed by atoms with E-state index in [2.05, 4.69) is 48.2 Å². The van der Waals surface area contributed by atoms with Gasteiger partial charge in [0.25, 0.3) is 0 Å². The lowest BCUT2D eigenvalue weighted by molar-refractivity contribution is 0.127. The van der Waals surface area contributed by atoms with Crippen LogP contribution in [0, 0.1) is 11.8 Å². The van der Waals surface area contributed by atoms with Gasteiger partial charge in [0.15, 0.2) is 0 Å². The second-order valence-electron chi connectivity index (χ2n) is 8.08. The average molecular weight is 309 g/mol. The molecule has 0 radical (unpaired) electrons. The first-order valence-corrected chi connectivity index (χ1v) is 9.78. The summed E-state index contributed by atoms with van der Waals surface area (Å²) in [7, 11) is 0. The molecule has 1 aliphatic heterocycles. The third-order valence-corrected chi connectivity index (χ3v) is 6.95. The number of hydrogen-bond acceptors (Lipinski definition) is 1. The number of likely N-dealkylation sites (tertiary alicyclic amines) is 1. The molecule has 3 aliphatic rings. The highest BCUT2D eigenvalue weighted by molar-refractivity contribution is 5.39. The van der Waals surface area contributed by atoms with Gasteiger partial charge in [-0.2, -0.15) is 0 Å². The summed E-state index contributed by atoms with van der Waals surface area (Å²) in [6.07, 6.45) is 14.4. The Morgan fingerprint density at radius 3 is 2.74 bits per heavy atom. The van der Waals surface area contributed by atoms with Gasteiger partial charge in [-0.25, -0.2) is 0 Å². The molecule has 0 bridgehead atoms. The highest BCUT2D eigenvalue weighted by Gasteiger charge is 2.41. The van der Waals surface area contributed by atoms with Gasteiger partial charge in [0.05, 0.1) is 0 Å². The van der Waals surface area contributed by atoms with Gasteiger partial charge >= 0.3 is 0 Å². The summed E-state index contributed by atoms with van der Waals surface area (Å²) in [4.78, 5) is 2.77. The fourth-order valence-corrected chi connectivity index (χ4v) is 5.39. The summed E-state index contributed by atoms with van der Waals surface area (Å²) < 4.78 is 0. The largest absolute Gasteiger partial charge is 0.303 e. The molecule has 1 nitrogen and oxygen atoms in total. The zero-order valence-corrected chi connectivity index (χ0v) is 14.6. The van der Waals surface area contributed by atoms with Crippen molar-refractivity contribution in [3.05, 3.63) is 47.5 Å². The minimum absolute atomic E-state index is 0.516. The second kappa shape index (κ2) is 6.43. The van der Waals surface area contributed by atoms with Crippen LogP contribution >= 0.6 is 0 Å². The van der Waals surface area contributed by atoms with E-state index in [4.69, 9.17) is 0 Å². The molecular weight excluding hydrogens is 278 g/mol. The molecule has 2 atom stereocenters. The second-order valence-corrected chi connectivity index (χ2v) is 8.08. The molecule has 0 amide bonds. The number of piperidine rings is 1. The van der Waals surface area contributed by atoms with Crippen molar-refractivity contribution in [3.63, 3.8) is 0 Å². The fraction of sp³-hybridized carbons (Fsp3) is 0.636. The molecule has 124 valence electrons. The Balaban J connectivity index is 1.39. The van der Waals surface area contributed by atoms with Gasteiger partial charge in [-0.1, -0.05) is 49.8 Å². The Kier molecular flexibility index (Phi) is 4.32. The zero-order valence-electron chi connectivity index (χ0n) is 14.6. The van der Waals surface area contributed by atoms with Gasteiger partial charge in [0, 0.05) is 6.54 Å². The maximum Gasteiger partial charge on any atom is 0.00152 e. The quantitative estimate of drug-likeness (QED) is 0.711. The van der Waals surface area contributed by atoms with Crippen molar-refractivity contribution in [3.8, 4) is 0 Å². The van der Waals surface area contributed by atoms with E-state index in [0.717, 1.165) is 11.8 Å². The highest BCUT2D eigenvalue weighted by Crippen LogP contribution is 2.46. The van der Waals surface area contributed by atoms with Crippen molar-refractivity contribution in [2.45, 2.75) is 57.3 Å². The summed E-state index contributed by atoms with van der Waals surface area (Å²) >= 11 is 0. The number of fused-ring (bicyclic) bond motifs is 2. The normalized spacial score (nSPS) is 27.4. The van der Waals surface area contributed by atoms with Crippen molar-refractivity contribution >= 4 is 0 Å². The molecular formula is C22H31N. The SMILES string of the molecule is CC[C@H](CN1CCC2(CCc3ccccc32)CC1)[C@H]1C=CCC1. The first-order chi connectivity index (χ1) is 11.3. The van der Waals surface area contributed by atoms with Crippen LogP contribution in [0.3, 0.4) is 0 Å². The molecule has 4 rings (SSSR count). The molecule has 1 aromatic rings. The predicted molar refractivity (Wildman–Crippen MR) is 97.8 cm³/mol. The van der Waals surface area contributed by atoms with E-state index < -0.39 is 0 Å². The van der Waals surface area contributed by atoms with E-state index in [9.17, 15) is 0 Å². The number of rotatable bonds is 4. The highest BCUT2D eigenvalue weighted by atomic mass is 15.1. The molecule has 0 unspecified atom stereocenters. The topological polar surface area (TPSA) is 3.24 Å². The van der Waals surface area contributed by atoms with Gasteiger partial charge in [-0.3, -0.25) is 0 Å². The van der Waals surface area contributed by atoms with Crippen LogP contribution in [0.15, 0.2) is 36.4 Å². The minimum Gasteiger partial charge on any atom is -0.303 e. The van der Waals surface area contributed by atoms with Crippen LogP contribution in [0.4, 0.5) is 0 Å². The molecule has 1 aromatic carbocycles. The van der Waals surface area contributed by atoms with Crippen molar-refractivity contribution < 1.29 is 0 Å². The Labute approximate surface area is 141 Å².